The molecule has 0 bridgehead atoms. The van der Waals surface area contributed by atoms with Gasteiger partial charge >= 0.3 is 0 Å². The first-order valence-corrected chi connectivity index (χ1v) is 10.9. The zero-order valence-electron chi connectivity index (χ0n) is 16.5. The van der Waals surface area contributed by atoms with Gasteiger partial charge in [0.25, 0.3) is 0 Å². The second kappa shape index (κ2) is 8.70. The van der Waals surface area contributed by atoms with Crippen LogP contribution in [0.4, 0.5) is 0 Å². The van der Waals surface area contributed by atoms with E-state index in [9.17, 15) is 0 Å². The predicted molar refractivity (Wildman–Crippen MR) is 118 cm³/mol. The molecular formula is C24H26N2OS. The standard InChI is InChI=1S/C24H26N2OS/c1-18-8-3-5-10-20(18)14-26-13-7-12-23(26)24-25-22(15-27-24)17-28-16-21-11-6-4-9-19(21)2/h3-13,22H,14-17H2,1-2H3/t22-/m0/s1. The molecule has 1 aliphatic rings. The van der Waals surface area contributed by atoms with Crippen LogP contribution in [0, 0.1) is 13.8 Å². The first kappa shape index (κ1) is 18.9. The van der Waals surface area contributed by atoms with Crippen LogP contribution < -0.4 is 0 Å². The molecule has 0 saturated heterocycles. The second-order valence-electron chi connectivity index (χ2n) is 7.29. The van der Waals surface area contributed by atoms with E-state index in [4.69, 9.17) is 9.73 Å². The molecule has 0 unspecified atom stereocenters. The van der Waals surface area contributed by atoms with Crippen LogP contribution >= 0.6 is 11.8 Å². The largest absolute Gasteiger partial charge is 0.474 e. The molecule has 28 heavy (non-hydrogen) atoms. The van der Waals surface area contributed by atoms with Crippen LogP contribution in [0.15, 0.2) is 71.9 Å². The molecule has 0 fully saturated rings. The molecule has 2 aromatic carbocycles. The molecule has 0 N–H and O–H groups in total. The van der Waals surface area contributed by atoms with Crippen molar-refractivity contribution in [2.75, 3.05) is 12.4 Å². The molecule has 144 valence electrons. The van der Waals surface area contributed by atoms with Crippen molar-refractivity contribution in [1.82, 2.24) is 4.57 Å². The highest BCUT2D eigenvalue weighted by atomic mass is 32.2. The topological polar surface area (TPSA) is 26.5 Å². The molecule has 0 saturated carbocycles. The van der Waals surface area contributed by atoms with E-state index < -0.39 is 0 Å². The van der Waals surface area contributed by atoms with Crippen molar-refractivity contribution in [1.29, 1.82) is 0 Å². The number of hydrogen-bond acceptors (Lipinski definition) is 3. The van der Waals surface area contributed by atoms with Gasteiger partial charge in [-0.15, -0.1) is 0 Å². The lowest BCUT2D eigenvalue weighted by molar-refractivity contribution is 0.323. The molecule has 4 heteroatoms. The van der Waals surface area contributed by atoms with E-state index in [0.717, 1.165) is 29.6 Å². The number of aryl methyl sites for hydroxylation is 2. The quantitative estimate of drug-likeness (QED) is 0.552. The Labute approximate surface area is 171 Å². The average molecular weight is 391 g/mol. The summed E-state index contributed by atoms with van der Waals surface area (Å²) in [5.41, 5.74) is 6.46. The number of nitrogens with zero attached hydrogens (tertiary/aromatic N) is 2. The van der Waals surface area contributed by atoms with Gasteiger partial charge in [-0.2, -0.15) is 11.8 Å². The van der Waals surface area contributed by atoms with Gasteiger partial charge in [0.15, 0.2) is 0 Å². The summed E-state index contributed by atoms with van der Waals surface area (Å²) in [5.74, 6) is 2.79. The summed E-state index contributed by atoms with van der Waals surface area (Å²) < 4.78 is 8.19. The van der Waals surface area contributed by atoms with E-state index in [1.807, 2.05) is 11.8 Å². The van der Waals surface area contributed by atoms with E-state index in [-0.39, 0.29) is 6.04 Å². The Kier molecular flexibility index (Phi) is 5.87. The predicted octanol–water partition coefficient (Wildman–Crippen LogP) is 5.23. The fourth-order valence-electron chi connectivity index (χ4n) is 3.44. The highest BCUT2D eigenvalue weighted by Gasteiger charge is 2.22. The summed E-state index contributed by atoms with van der Waals surface area (Å²) in [6.45, 7) is 5.84. The van der Waals surface area contributed by atoms with Gasteiger partial charge in [0.1, 0.15) is 12.3 Å². The summed E-state index contributed by atoms with van der Waals surface area (Å²) in [6, 6.07) is 21.5. The molecular weight excluding hydrogens is 364 g/mol. The maximum atomic E-state index is 5.96. The minimum Gasteiger partial charge on any atom is -0.474 e. The summed E-state index contributed by atoms with van der Waals surface area (Å²) in [7, 11) is 0. The molecule has 4 rings (SSSR count). The van der Waals surface area contributed by atoms with Crippen molar-refractivity contribution >= 4 is 17.7 Å². The highest BCUT2D eigenvalue weighted by Crippen LogP contribution is 2.21. The molecule has 3 nitrogen and oxygen atoms in total. The van der Waals surface area contributed by atoms with Crippen molar-refractivity contribution in [3.63, 3.8) is 0 Å². The van der Waals surface area contributed by atoms with Gasteiger partial charge in [-0.25, -0.2) is 4.99 Å². The van der Waals surface area contributed by atoms with Gasteiger partial charge < -0.3 is 9.30 Å². The van der Waals surface area contributed by atoms with Crippen LogP contribution in [0.2, 0.25) is 0 Å². The third kappa shape index (κ3) is 4.33. The van der Waals surface area contributed by atoms with Crippen molar-refractivity contribution < 1.29 is 4.74 Å². The Hall–Kier alpha value is -2.46. The number of rotatable bonds is 7. The molecule has 3 aromatic rings. The SMILES string of the molecule is Cc1ccccc1CSC[C@@H]1COC(c2cccn2Cc2ccccc2C)=N1. The van der Waals surface area contributed by atoms with Crippen LogP contribution in [0.5, 0.6) is 0 Å². The lowest BCUT2D eigenvalue weighted by Crippen LogP contribution is -2.11. The number of thioether (sulfide) groups is 1. The summed E-state index contributed by atoms with van der Waals surface area (Å²) in [5, 5.41) is 0. The zero-order valence-corrected chi connectivity index (χ0v) is 17.3. The monoisotopic (exact) mass is 390 g/mol. The maximum Gasteiger partial charge on any atom is 0.233 e. The van der Waals surface area contributed by atoms with Crippen molar-refractivity contribution in [2.45, 2.75) is 32.2 Å². The van der Waals surface area contributed by atoms with Crippen LogP contribution in [-0.2, 0) is 17.0 Å². The third-order valence-electron chi connectivity index (χ3n) is 5.19. The van der Waals surface area contributed by atoms with E-state index >= 15 is 0 Å². The number of aromatic nitrogens is 1. The first-order chi connectivity index (χ1) is 13.7. The lowest BCUT2D eigenvalue weighted by Gasteiger charge is -2.11. The third-order valence-corrected chi connectivity index (χ3v) is 6.33. The Morgan fingerprint density at radius 3 is 2.43 bits per heavy atom. The number of hydrogen-bond donors (Lipinski definition) is 0. The highest BCUT2D eigenvalue weighted by molar-refractivity contribution is 7.98. The Morgan fingerprint density at radius 1 is 0.964 bits per heavy atom. The van der Waals surface area contributed by atoms with Crippen LogP contribution in [0.3, 0.4) is 0 Å². The Bertz CT molecular complexity index is 976. The molecule has 0 radical (unpaired) electrons. The lowest BCUT2D eigenvalue weighted by atomic mass is 10.1. The van der Waals surface area contributed by atoms with Gasteiger partial charge in [-0.3, -0.25) is 0 Å². The maximum absolute atomic E-state index is 5.96. The number of aliphatic imine (C=N–C) groups is 1. The minimum atomic E-state index is 0.228. The van der Waals surface area contributed by atoms with E-state index in [1.54, 1.807) is 0 Å². The van der Waals surface area contributed by atoms with Gasteiger partial charge in [-0.1, -0.05) is 48.5 Å². The number of ether oxygens (including phenoxy) is 1. The molecule has 0 spiro atoms. The summed E-state index contributed by atoms with van der Waals surface area (Å²) in [6.07, 6.45) is 2.11. The van der Waals surface area contributed by atoms with Crippen molar-refractivity contribution in [3.8, 4) is 0 Å². The van der Waals surface area contributed by atoms with Gasteiger partial charge in [-0.05, 0) is 48.2 Å². The summed E-state index contributed by atoms with van der Waals surface area (Å²) in [4.78, 5) is 4.86. The first-order valence-electron chi connectivity index (χ1n) is 9.73. The normalized spacial score (nSPS) is 16.1. The average Bonchev–Trinajstić information content (AvgIpc) is 3.34. The molecule has 1 aromatic heterocycles. The van der Waals surface area contributed by atoms with Crippen LogP contribution in [0.25, 0.3) is 0 Å². The fourth-order valence-corrected chi connectivity index (χ4v) is 4.54. The van der Waals surface area contributed by atoms with Gasteiger partial charge in [0, 0.05) is 24.2 Å². The van der Waals surface area contributed by atoms with Crippen molar-refractivity contribution in [2.24, 2.45) is 4.99 Å². The van der Waals surface area contributed by atoms with E-state index in [1.165, 1.54) is 22.3 Å². The minimum absolute atomic E-state index is 0.228. The van der Waals surface area contributed by atoms with Crippen LogP contribution in [0.1, 0.15) is 27.9 Å². The van der Waals surface area contributed by atoms with Gasteiger partial charge in [0.05, 0.1) is 6.04 Å². The molecule has 2 heterocycles. The molecule has 0 amide bonds. The summed E-state index contributed by atoms with van der Waals surface area (Å²) >= 11 is 1.93. The smallest absolute Gasteiger partial charge is 0.233 e. The Balaban J connectivity index is 1.39. The Morgan fingerprint density at radius 2 is 1.68 bits per heavy atom. The second-order valence-corrected chi connectivity index (χ2v) is 8.32. The van der Waals surface area contributed by atoms with E-state index in [2.05, 4.69) is 85.3 Å². The fraction of sp³-hybridized carbons (Fsp3) is 0.292. The molecule has 1 aliphatic heterocycles. The van der Waals surface area contributed by atoms with Gasteiger partial charge in [0.2, 0.25) is 5.90 Å². The van der Waals surface area contributed by atoms with E-state index in [0.29, 0.717) is 6.61 Å². The zero-order chi connectivity index (χ0) is 19.3. The number of benzene rings is 2. The van der Waals surface area contributed by atoms with Crippen LogP contribution in [-0.4, -0.2) is 28.9 Å². The molecule has 1 atom stereocenters. The molecule has 0 aliphatic carbocycles. The van der Waals surface area contributed by atoms with Crippen molar-refractivity contribution in [3.05, 3.63) is 94.8 Å².